The van der Waals surface area contributed by atoms with Crippen molar-refractivity contribution in [2.24, 2.45) is 0 Å². The molecule has 1 amide bonds. The number of benzene rings is 1. The van der Waals surface area contributed by atoms with Crippen molar-refractivity contribution in [2.75, 3.05) is 13.2 Å². The van der Waals surface area contributed by atoms with E-state index in [1.165, 1.54) is 5.56 Å². The number of carbonyl (C=O) groups excluding carboxylic acids is 1. The van der Waals surface area contributed by atoms with Crippen LogP contribution in [0.25, 0.3) is 0 Å². The first-order valence-corrected chi connectivity index (χ1v) is 7.62. The van der Waals surface area contributed by atoms with Crippen molar-refractivity contribution in [1.29, 1.82) is 0 Å². The van der Waals surface area contributed by atoms with Crippen molar-refractivity contribution in [3.05, 3.63) is 29.8 Å². The highest BCUT2D eigenvalue weighted by atomic mass is 16.5. The summed E-state index contributed by atoms with van der Waals surface area (Å²) in [5.74, 6) is 0.933. The Balaban J connectivity index is 2.39. The first-order valence-electron chi connectivity index (χ1n) is 7.62. The number of carbonyl (C=O) groups is 1. The maximum absolute atomic E-state index is 11.7. The molecule has 0 radical (unpaired) electrons. The minimum Gasteiger partial charge on any atom is -0.484 e. The fraction of sp³-hybridized carbons (Fsp3) is 0.588. The van der Waals surface area contributed by atoms with Gasteiger partial charge in [-0.25, -0.2) is 0 Å². The Morgan fingerprint density at radius 1 is 1.24 bits per heavy atom. The SMILES string of the molecule is CCC(O)(CC)CNC(=O)COc1ccc(C(C)C)cc1. The van der Waals surface area contributed by atoms with Gasteiger partial charge in [0, 0.05) is 6.54 Å². The van der Waals surface area contributed by atoms with Gasteiger partial charge in [0.25, 0.3) is 5.91 Å². The third-order valence-electron chi connectivity index (χ3n) is 3.85. The second-order valence-electron chi connectivity index (χ2n) is 5.72. The van der Waals surface area contributed by atoms with Crippen LogP contribution in [0.15, 0.2) is 24.3 Å². The van der Waals surface area contributed by atoms with Crippen molar-refractivity contribution < 1.29 is 14.6 Å². The van der Waals surface area contributed by atoms with Gasteiger partial charge in [-0.15, -0.1) is 0 Å². The Bertz CT molecular complexity index is 436. The molecule has 2 N–H and O–H groups in total. The number of hydrogen-bond donors (Lipinski definition) is 2. The summed E-state index contributed by atoms with van der Waals surface area (Å²) < 4.78 is 5.44. The summed E-state index contributed by atoms with van der Waals surface area (Å²) in [5.41, 5.74) is 0.414. The molecule has 1 aromatic rings. The minimum atomic E-state index is -0.825. The zero-order chi connectivity index (χ0) is 15.9. The van der Waals surface area contributed by atoms with E-state index >= 15 is 0 Å². The van der Waals surface area contributed by atoms with Crippen molar-refractivity contribution in [3.63, 3.8) is 0 Å². The van der Waals surface area contributed by atoms with E-state index < -0.39 is 5.60 Å². The van der Waals surface area contributed by atoms with Gasteiger partial charge in [0.05, 0.1) is 5.60 Å². The molecular formula is C17H27NO3. The van der Waals surface area contributed by atoms with Crippen molar-refractivity contribution in [1.82, 2.24) is 5.32 Å². The highest BCUT2D eigenvalue weighted by Crippen LogP contribution is 2.18. The zero-order valence-corrected chi connectivity index (χ0v) is 13.5. The Morgan fingerprint density at radius 2 is 1.81 bits per heavy atom. The van der Waals surface area contributed by atoms with E-state index in [2.05, 4.69) is 19.2 Å². The minimum absolute atomic E-state index is 0.0372. The second kappa shape index (κ2) is 8.03. The molecule has 118 valence electrons. The second-order valence-corrected chi connectivity index (χ2v) is 5.72. The van der Waals surface area contributed by atoms with E-state index in [1.807, 2.05) is 38.1 Å². The quantitative estimate of drug-likeness (QED) is 0.775. The Labute approximate surface area is 127 Å². The molecule has 0 heterocycles. The third-order valence-corrected chi connectivity index (χ3v) is 3.85. The molecule has 0 fully saturated rings. The van der Waals surface area contributed by atoms with Gasteiger partial charge in [0.15, 0.2) is 6.61 Å². The molecule has 4 nitrogen and oxygen atoms in total. The summed E-state index contributed by atoms with van der Waals surface area (Å²) in [6.07, 6.45) is 1.22. The van der Waals surface area contributed by atoms with Gasteiger partial charge >= 0.3 is 0 Å². The Kier molecular flexibility index (Phi) is 6.69. The van der Waals surface area contributed by atoms with E-state index in [-0.39, 0.29) is 19.1 Å². The monoisotopic (exact) mass is 293 g/mol. The highest BCUT2D eigenvalue weighted by molar-refractivity contribution is 5.77. The molecule has 0 aliphatic carbocycles. The van der Waals surface area contributed by atoms with Crippen LogP contribution >= 0.6 is 0 Å². The molecule has 0 aliphatic rings. The smallest absolute Gasteiger partial charge is 0.258 e. The summed E-state index contributed by atoms with van der Waals surface area (Å²) in [5, 5.41) is 12.8. The van der Waals surface area contributed by atoms with Crippen molar-refractivity contribution in [2.45, 2.75) is 52.1 Å². The van der Waals surface area contributed by atoms with Crippen LogP contribution in [0.3, 0.4) is 0 Å². The lowest BCUT2D eigenvalue weighted by Crippen LogP contribution is -2.43. The molecule has 1 rings (SSSR count). The molecule has 4 heteroatoms. The lowest BCUT2D eigenvalue weighted by atomic mass is 9.98. The van der Waals surface area contributed by atoms with Gasteiger partial charge in [-0.3, -0.25) is 4.79 Å². The number of hydrogen-bond acceptors (Lipinski definition) is 3. The van der Waals surface area contributed by atoms with E-state index in [0.717, 1.165) is 0 Å². The zero-order valence-electron chi connectivity index (χ0n) is 13.5. The maximum atomic E-state index is 11.7. The van der Waals surface area contributed by atoms with Crippen LogP contribution in [0.1, 0.15) is 52.0 Å². The first-order chi connectivity index (χ1) is 9.90. The summed E-state index contributed by atoms with van der Waals surface area (Å²) in [6, 6.07) is 7.75. The molecule has 0 saturated heterocycles. The molecule has 0 spiro atoms. The average molecular weight is 293 g/mol. The molecule has 21 heavy (non-hydrogen) atoms. The lowest BCUT2D eigenvalue weighted by molar-refractivity contribution is -0.124. The average Bonchev–Trinajstić information content (AvgIpc) is 2.51. The van der Waals surface area contributed by atoms with Crippen molar-refractivity contribution in [3.8, 4) is 5.75 Å². The van der Waals surface area contributed by atoms with Crippen LogP contribution in [0, 0.1) is 0 Å². The molecule has 0 aromatic heterocycles. The van der Waals surface area contributed by atoms with Gasteiger partial charge in [-0.1, -0.05) is 39.8 Å². The predicted molar refractivity (Wildman–Crippen MR) is 84.6 cm³/mol. The first kappa shape index (κ1) is 17.5. The van der Waals surface area contributed by atoms with E-state index in [0.29, 0.717) is 24.5 Å². The number of rotatable bonds is 8. The molecule has 0 saturated carbocycles. The van der Waals surface area contributed by atoms with Gasteiger partial charge < -0.3 is 15.2 Å². The number of aliphatic hydroxyl groups is 1. The summed E-state index contributed by atoms with van der Waals surface area (Å²) in [7, 11) is 0. The van der Waals surface area contributed by atoms with Crippen LogP contribution in [0.2, 0.25) is 0 Å². The summed E-state index contributed by atoms with van der Waals surface area (Å²) in [4.78, 5) is 11.7. The maximum Gasteiger partial charge on any atom is 0.258 e. The molecule has 0 aliphatic heterocycles. The van der Waals surface area contributed by atoms with Gasteiger partial charge in [-0.2, -0.15) is 0 Å². The highest BCUT2D eigenvalue weighted by Gasteiger charge is 2.22. The molecule has 0 unspecified atom stereocenters. The molecule has 1 aromatic carbocycles. The van der Waals surface area contributed by atoms with E-state index in [1.54, 1.807) is 0 Å². The Morgan fingerprint density at radius 3 is 2.29 bits per heavy atom. The van der Waals surface area contributed by atoms with Crippen molar-refractivity contribution >= 4 is 5.91 Å². The van der Waals surface area contributed by atoms with Crippen LogP contribution in [-0.4, -0.2) is 29.8 Å². The molecule has 0 atom stereocenters. The standard InChI is InChI=1S/C17H27NO3/c1-5-17(20,6-2)12-18-16(19)11-21-15-9-7-14(8-10-15)13(3)4/h7-10,13,20H,5-6,11-12H2,1-4H3,(H,18,19). The van der Waals surface area contributed by atoms with Crippen LogP contribution < -0.4 is 10.1 Å². The number of nitrogens with one attached hydrogen (secondary N) is 1. The van der Waals surface area contributed by atoms with Gasteiger partial charge in [0.1, 0.15) is 5.75 Å². The van der Waals surface area contributed by atoms with E-state index in [4.69, 9.17) is 4.74 Å². The third kappa shape index (κ3) is 5.76. The molecular weight excluding hydrogens is 266 g/mol. The lowest BCUT2D eigenvalue weighted by Gasteiger charge is -2.25. The molecule has 0 bridgehead atoms. The Hall–Kier alpha value is -1.55. The predicted octanol–water partition coefficient (Wildman–Crippen LogP) is 2.86. The number of amides is 1. The van der Waals surface area contributed by atoms with Gasteiger partial charge in [-0.05, 0) is 36.5 Å². The number of ether oxygens (including phenoxy) is 1. The van der Waals surface area contributed by atoms with Crippen LogP contribution in [-0.2, 0) is 4.79 Å². The normalized spacial score (nSPS) is 11.5. The topological polar surface area (TPSA) is 58.6 Å². The summed E-state index contributed by atoms with van der Waals surface area (Å²) >= 11 is 0. The fourth-order valence-corrected chi connectivity index (χ4v) is 1.91. The summed E-state index contributed by atoms with van der Waals surface area (Å²) in [6.45, 7) is 8.29. The fourth-order valence-electron chi connectivity index (χ4n) is 1.91. The largest absolute Gasteiger partial charge is 0.484 e. The van der Waals surface area contributed by atoms with Gasteiger partial charge in [0.2, 0.25) is 0 Å². The van der Waals surface area contributed by atoms with Crippen LogP contribution in [0.5, 0.6) is 5.75 Å². The van der Waals surface area contributed by atoms with Crippen LogP contribution in [0.4, 0.5) is 0 Å². The van der Waals surface area contributed by atoms with E-state index in [9.17, 15) is 9.90 Å².